The van der Waals surface area contributed by atoms with Crippen LogP contribution in [0, 0.1) is 6.92 Å². The van der Waals surface area contributed by atoms with Crippen LogP contribution >= 0.6 is 0 Å². The second-order valence-corrected chi connectivity index (χ2v) is 10.3. The lowest BCUT2D eigenvalue weighted by Gasteiger charge is -2.30. The molecule has 3 aromatic rings. The van der Waals surface area contributed by atoms with E-state index < -0.39 is 0 Å². The standard InChI is InChI=1S/C31H37N7O2/c1-5-27(39)38-15-7-10-24(18-38)36-30(33)28-26(13-14-34-29(28)32)35-22-9-6-8-21(17-22)31(40)37-23-11-12-25(19(2)3)20(4)16-23/h5-6,8-9,11-14,16-17,19,24H,1,7,10,15,18H2,2-4H3,(H2,33,36)(H,37,40)(H3,32,34,35). The second-order valence-electron chi connectivity index (χ2n) is 10.3. The molecular weight excluding hydrogens is 502 g/mol. The maximum atomic E-state index is 13.1. The van der Waals surface area contributed by atoms with Crippen LogP contribution in [-0.2, 0) is 4.79 Å². The molecule has 2 amide bonds. The number of likely N-dealkylation sites (tertiary alicyclic amines) is 1. The molecule has 1 aromatic heterocycles. The predicted molar refractivity (Wildman–Crippen MR) is 162 cm³/mol. The Labute approximate surface area is 235 Å². The average Bonchev–Trinajstić information content (AvgIpc) is 2.92. The summed E-state index contributed by atoms with van der Waals surface area (Å²) < 4.78 is 0. The maximum Gasteiger partial charge on any atom is 0.255 e. The first-order chi connectivity index (χ1) is 19.2. The van der Waals surface area contributed by atoms with E-state index in [-0.39, 0.29) is 29.5 Å². The highest BCUT2D eigenvalue weighted by molar-refractivity contribution is 6.07. The van der Waals surface area contributed by atoms with E-state index in [1.165, 1.54) is 11.6 Å². The molecule has 40 heavy (non-hydrogen) atoms. The third-order valence-corrected chi connectivity index (χ3v) is 6.99. The van der Waals surface area contributed by atoms with Crippen molar-refractivity contribution in [1.82, 2.24) is 9.88 Å². The number of nitrogens with zero attached hydrogens (tertiary/aromatic N) is 3. The Morgan fingerprint density at radius 2 is 1.98 bits per heavy atom. The van der Waals surface area contributed by atoms with Gasteiger partial charge in [0.25, 0.3) is 5.91 Å². The molecule has 1 aliphatic heterocycles. The van der Waals surface area contributed by atoms with E-state index in [0.29, 0.717) is 41.5 Å². The minimum absolute atomic E-state index is 0.117. The third-order valence-electron chi connectivity index (χ3n) is 6.99. The number of carbonyl (C=O) groups excluding carboxylic acids is 2. The molecule has 1 atom stereocenters. The number of aromatic nitrogens is 1. The van der Waals surface area contributed by atoms with Gasteiger partial charge in [-0.15, -0.1) is 0 Å². The normalized spacial score (nSPS) is 15.6. The van der Waals surface area contributed by atoms with Crippen LogP contribution in [0.3, 0.4) is 0 Å². The highest BCUT2D eigenvalue weighted by Crippen LogP contribution is 2.27. The van der Waals surface area contributed by atoms with Gasteiger partial charge in [-0.2, -0.15) is 0 Å². The highest BCUT2D eigenvalue weighted by Gasteiger charge is 2.23. The molecule has 4 rings (SSSR count). The SMILES string of the molecule is C=CC(=O)N1CCCC(N=C(N)c2c(Nc3cccc(C(=O)Nc4ccc(C(C)C)c(C)c4)c3)ccnc2N)C1. The number of benzene rings is 2. The van der Waals surface area contributed by atoms with Gasteiger partial charge < -0.3 is 27.0 Å². The minimum Gasteiger partial charge on any atom is -0.383 e. The Kier molecular flexibility index (Phi) is 8.83. The fraction of sp³-hybridized carbons (Fsp3) is 0.290. The molecule has 2 heterocycles. The van der Waals surface area contributed by atoms with E-state index >= 15 is 0 Å². The van der Waals surface area contributed by atoms with E-state index in [4.69, 9.17) is 16.5 Å². The number of aryl methyl sites for hydroxylation is 1. The number of amides is 2. The quantitative estimate of drug-likeness (QED) is 0.181. The van der Waals surface area contributed by atoms with E-state index in [9.17, 15) is 9.59 Å². The lowest BCUT2D eigenvalue weighted by molar-refractivity contribution is -0.127. The van der Waals surface area contributed by atoms with Crippen molar-refractivity contribution in [2.45, 2.75) is 45.6 Å². The van der Waals surface area contributed by atoms with Crippen molar-refractivity contribution >= 4 is 40.5 Å². The van der Waals surface area contributed by atoms with Crippen LogP contribution in [0.2, 0.25) is 0 Å². The second kappa shape index (κ2) is 12.5. The van der Waals surface area contributed by atoms with Crippen LogP contribution in [0.4, 0.5) is 22.9 Å². The van der Waals surface area contributed by atoms with Crippen LogP contribution < -0.4 is 22.1 Å². The number of piperidine rings is 1. The monoisotopic (exact) mass is 539 g/mol. The fourth-order valence-electron chi connectivity index (χ4n) is 5.00. The molecule has 0 aliphatic carbocycles. The number of carbonyl (C=O) groups is 2. The number of pyridine rings is 1. The Balaban J connectivity index is 1.53. The summed E-state index contributed by atoms with van der Waals surface area (Å²) in [5.41, 5.74) is 18.1. The van der Waals surface area contributed by atoms with Crippen molar-refractivity contribution in [1.29, 1.82) is 0 Å². The van der Waals surface area contributed by atoms with Crippen molar-refractivity contribution in [3.63, 3.8) is 0 Å². The number of rotatable bonds is 8. The summed E-state index contributed by atoms with van der Waals surface area (Å²) in [6, 6.07) is 14.7. The zero-order valence-electron chi connectivity index (χ0n) is 23.3. The van der Waals surface area contributed by atoms with Crippen LogP contribution in [0.15, 0.2) is 72.4 Å². The number of nitrogens with two attached hydrogens (primary N) is 2. The summed E-state index contributed by atoms with van der Waals surface area (Å²) in [7, 11) is 0. The van der Waals surface area contributed by atoms with Gasteiger partial charge >= 0.3 is 0 Å². The number of nitrogens with one attached hydrogen (secondary N) is 2. The zero-order valence-corrected chi connectivity index (χ0v) is 23.3. The molecule has 6 N–H and O–H groups in total. The van der Waals surface area contributed by atoms with Crippen molar-refractivity contribution in [2.75, 3.05) is 29.5 Å². The van der Waals surface area contributed by atoms with Gasteiger partial charge in [-0.3, -0.25) is 14.6 Å². The van der Waals surface area contributed by atoms with Crippen molar-refractivity contribution in [2.24, 2.45) is 10.7 Å². The Hall–Kier alpha value is -4.66. The fourth-order valence-corrected chi connectivity index (χ4v) is 5.00. The molecule has 208 valence electrons. The lowest BCUT2D eigenvalue weighted by atomic mass is 9.97. The van der Waals surface area contributed by atoms with Crippen molar-refractivity contribution in [3.8, 4) is 0 Å². The molecule has 9 heteroatoms. The maximum absolute atomic E-state index is 13.1. The number of amidine groups is 1. The van der Waals surface area contributed by atoms with E-state index in [0.717, 1.165) is 24.1 Å². The Bertz CT molecular complexity index is 1450. The first-order valence-corrected chi connectivity index (χ1v) is 13.4. The van der Waals surface area contributed by atoms with Crippen molar-refractivity contribution < 1.29 is 9.59 Å². The summed E-state index contributed by atoms with van der Waals surface area (Å²) in [5.74, 6) is 0.549. The molecule has 9 nitrogen and oxygen atoms in total. The molecule has 1 fully saturated rings. The van der Waals surface area contributed by atoms with Gasteiger partial charge in [-0.05, 0) is 79.3 Å². The topological polar surface area (TPSA) is 139 Å². The highest BCUT2D eigenvalue weighted by atomic mass is 16.2. The van der Waals surface area contributed by atoms with Gasteiger partial charge in [0, 0.05) is 36.2 Å². The van der Waals surface area contributed by atoms with Crippen LogP contribution in [0.25, 0.3) is 0 Å². The van der Waals surface area contributed by atoms with Crippen molar-refractivity contribution in [3.05, 3.63) is 89.6 Å². The van der Waals surface area contributed by atoms with Crippen LogP contribution in [0.1, 0.15) is 59.7 Å². The summed E-state index contributed by atoms with van der Waals surface area (Å²) in [6.45, 7) is 11.1. The number of anilines is 4. The number of hydrogen-bond acceptors (Lipinski definition) is 6. The predicted octanol–water partition coefficient (Wildman–Crippen LogP) is 4.97. The molecule has 0 saturated carbocycles. The van der Waals surface area contributed by atoms with E-state index in [1.54, 1.807) is 35.4 Å². The van der Waals surface area contributed by atoms with E-state index in [2.05, 4.69) is 42.1 Å². The van der Waals surface area contributed by atoms with E-state index in [1.807, 2.05) is 25.1 Å². The zero-order chi connectivity index (χ0) is 28.8. The van der Waals surface area contributed by atoms with Gasteiger partial charge in [0.1, 0.15) is 11.7 Å². The van der Waals surface area contributed by atoms with Crippen LogP contribution in [0.5, 0.6) is 0 Å². The smallest absolute Gasteiger partial charge is 0.255 e. The Morgan fingerprint density at radius 1 is 1.18 bits per heavy atom. The molecule has 1 saturated heterocycles. The average molecular weight is 540 g/mol. The van der Waals surface area contributed by atoms with Gasteiger partial charge in [-0.25, -0.2) is 4.98 Å². The largest absolute Gasteiger partial charge is 0.383 e. The molecule has 1 unspecified atom stereocenters. The molecular formula is C31H37N7O2. The summed E-state index contributed by atoms with van der Waals surface area (Å²) >= 11 is 0. The Morgan fingerprint density at radius 3 is 2.70 bits per heavy atom. The summed E-state index contributed by atoms with van der Waals surface area (Å²) in [5, 5.41) is 6.30. The molecule has 0 spiro atoms. The third kappa shape index (κ3) is 6.66. The molecule has 0 bridgehead atoms. The summed E-state index contributed by atoms with van der Waals surface area (Å²) in [4.78, 5) is 35.7. The van der Waals surface area contributed by atoms with Gasteiger partial charge in [0.05, 0.1) is 17.3 Å². The van der Waals surface area contributed by atoms with Gasteiger partial charge in [0.15, 0.2) is 0 Å². The number of hydrogen-bond donors (Lipinski definition) is 4. The number of nitrogen functional groups attached to an aromatic ring is 1. The number of aliphatic imine (C=N–C) groups is 1. The van der Waals surface area contributed by atoms with Crippen LogP contribution in [-0.4, -0.2) is 46.7 Å². The van der Waals surface area contributed by atoms with Gasteiger partial charge in [-0.1, -0.05) is 32.6 Å². The minimum atomic E-state index is -0.216. The molecule has 1 aliphatic rings. The summed E-state index contributed by atoms with van der Waals surface area (Å²) in [6.07, 6.45) is 4.53. The molecule has 0 radical (unpaired) electrons. The molecule has 2 aromatic carbocycles. The lowest BCUT2D eigenvalue weighted by Crippen LogP contribution is -2.41. The van der Waals surface area contributed by atoms with Gasteiger partial charge in [0.2, 0.25) is 5.91 Å². The first kappa shape index (κ1) is 28.4. The first-order valence-electron chi connectivity index (χ1n) is 13.4.